The molecule has 0 bridgehead atoms. The molecule has 0 saturated heterocycles. The van der Waals surface area contributed by atoms with Gasteiger partial charge in [-0.05, 0) is 0 Å². The van der Waals surface area contributed by atoms with Gasteiger partial charge in [0.15, 0.2) is 5.37 Å². The summed E-state index contributed by atoms with van der Waals surface area (Å²) < 4.78 is 4.75. The van der Waals surface area contributed by atoms with Gasteiger partial charge in [-0.1, -0.05) is 0 Å². The van der Waals surface area contributed by atoms with E-state index in [-0.39, 0.29) is 5.91 Å². The van der Waals surface area contributed by atoms with Crippen molar-refractivity contribution in [1.29, 1.82) is 0 Å². The van der Waals surface area contributed by atoms with Gasteiger partial charge in [0.25, 0.3) is 0 Å². The summed E-state index contributed by atoms with van der Waals surface area (Å²) in [6.07, 6.45) is 0. The Balaban J connectivity index is 3.81. The summed E-state index contributed by atoms with van der Waals surface area (Å²) in [5.74, 6) is -0.859. The number of thioether (sulfide) groups is 1. The van der Waals surface area contributed by atoms with Crippen molar-refractivity contribution >= 4 is 23.6 Å². The van der Waals surface area contributed by atoms with Crippen LogP contribution in [0.3, 0.4) is 0 Å². The average molecular weight is 207 g/mol. The number of ether oxygens (including phenoxy) is 1. The minimum Gasteiger partial charge on any atom is -0.479 e. The van der Waals surface area contributed by atoms with Gasteiger partial charge in [-0.15, -0.1) is 11.8 Å². The van der Waals surface area contributed by atoms with Crippen molar-refractivity contribution in [3.05, 3.63) is 0 Å². The van der Waals surface area contributed by atoms with Crippen molar-refractivity contribution in [3.8, 4) is 0 Å². The number of carbonyl (C=O) groups excluding carboxylic acids is 1. The molecule has 0 spiro atoms. The maximum atomic E-state index is 10.6. The maximum absolute atomic E-state index is 10.6. The van der Waals surface area contributed by atoms with Crippen LogP contribution in [-0.4, -0.2) is 41.8 Å². The molecule has 0 heterocycles. The Morgan fingerprint density at radius 1 is 1.62 bits per heavy atom. The molecule has 13 heavy (non-hydrogen) atoms. The van der Waals surface area contributed by atoms with Crippen LogP contribution >= 0.6 is 11.8 Å². The summed E-state index contributed by atoms with van der Waals surface area (Å²) in [6, 6.07) is 0. The monoisotopic (exact) mass is 207 g/mol. The summed E-state index contributed by atoms with van der Waals surface area (Å²) >= 11 is 1.13. The van der Waals surface area contributed by atoms with Crippen LogP contribution in [0.4, 0.5) is 0 Å². The van der Waals surface area contributed by atoms with E-state index in [4.69, 9.17) is 9.84 Å². The van der Waals surface area contributed by atoms with Crippen LogP contribution in [0.25, 0.3) is 0 Å². The largest absolute Gasteiger partial charge is 0.479 e. The molecular weight excluding hydrogens is 194 g/mol. The smallest absolute Gasteiger partial charge is 0.336 e. The van der Waals surface area contributed by atoms with Gasteiger partial charge in [0.05, 0.1) is 6.61 Å². The zero-order chi connectivity index (χ0) is 10.3. The number of carbonyl (C=O) groups is 2. The molecule has 5 nitrogen and oxygen atoms in total. The van der Waals surface area contributed by atoms with Gasteiger partial charge in [0.2, 0.25) is 5.91 Å². The first-order valence-electron chi connectivity index (χ1n) is 3.68. The molecule has 0 saturated carbocycles. The number of methoxy groups -OCH3 is 1. The molecule has 76 valence electrons. The van der Waals surface area contributed by atoms with Crippen LogP contribution in [0.15, 0.2) is 0 Å². The highest BCUT2D eigenvalue weighted by atomic mass is 32.2. The Bertz CT molecular complexity index is 185. The Morgan fingerprint density at radius 2 is 2.23 bits per heavy atom. The van der Waals surface area contributed by atoms with E-state index in [0.29, 0.717) is 12.4 Å². The van der Waals surface area contributed by atoms with E-state index in [2.05, 4.69) is 5.32 Å². The highest BCUT2D eigenvalue weighted by Crippen LogP contribution is 2.07. The van der Waals surface area contributed by atoms with E-state index in [1.54, 1.807) is 0 Å². The van der Waals surface area contributed by atoms with Crippen LogP contribution in [0.2, 0.25) is 0 Å². The first kappa shape index (κ1) is 12.2. The van der Waals surface area contributed by atoms with Crippen molar-refractivity contribution in [2.75, 3.05) is 19.5 Å². The van der Waals surface area contributed by atoms with Crippen LogP contribution in [0.5, 0.6) is 0 Å². The van der Waals surface area contributed by atoms with Gasteiger partial charge in [-0.2, -0.15) is 0 Å². The Morgan fingerprint density at radius 3 is 2.62 bits per heavy atom. The zero-order valence-corrected chi connectivity index (χ0v) is 8.39. The Labute approximate surface area is 80.8 Å². The highest BCUT2D eigenvalue weighted by Gasteiger charge is 2.17. The molecule has 0 aromatic rings. The molecular formula is C7H13NO4S. The van der Waals surface area contributed by atoms with Gasteiger partial charge in [0, 0.05) is 19.8 Å². The predicted molar refractivity (Wildman–Crippen MR) is 49.6 cm³/mol. The summed E-state index contributed by atoms with van der Waals surface area (Å²) in [4.78, 5) is 21.1. The lowest BCUT2D eigenvalue weighted by Crippen LogP contribution is -2.37. The second-order valence-corrected chi connectivity index (χ2v) is 3.50. The van der Waals surface area contributed by atoms with E-state index < -0.39 is 11.3 Å². The van der Waals surface area contributed by atoms with Crippen molar-refractivity contribution in [3.63, 3.8) is 0 Å². The maximum Gasteiger partial charge on any atom is 0.336 e. The molecule has 2 N–H and O–H groups in total. The topological polar surface area (TPSA) is 75.6 Å². The second kappa shape index (κ2) is 6.73. The third kappa shape index (κ3) is 6.41. The number of carboxylic acids is 1. The van der Waals surface area contributed by atoms with Gasteiger partial charge in [-0.3, -0.25) is 4.79 Å². The minimum absolute atomic E-state index is 0.350. The molecule has 0 aromatic carbocycles. The van der Waals surface area contributed by atoms with E-state index >= 15 is 0 Å². The highest BCUT2D eigenvalue weighted by molar-refractivity contribution is 8.00. The van der Waals surface area contributed by atoms with Gasteiger partial charge < -0.3 is 15.2 Å². The number of amides is 1. The van der Waals surface area contributed by atoms with E-state index in [1.807, 2.05) is 0 Å². The van der Waals surface area contributed by atoms with Crippen LogP contribution in [0.1, 0.15) is 6.92 Å². The fraction of sp³-hybridized carbons (Fsp3) is 0.714. The number of hydrogen-bond acceptors (Lipinski definition) is 4. The molecule has 1 unspecified atom stereocenters. The fourth-order valence-electron chi connectivity index (χ4n) is 0.609. The molecule has 0 fully saturated rings. The number of carboxylic acid groups (broad SMARTS) is 1. The summed E-state index contributed by atoms with van der Waals surface area (Å²) in [5, 5.41) is 10.1. The zero-order valence-electron chi connectivity index (χ0n) is 7.57. The van der Waals surface area contributed by atoms with Crippen LogP contribution in [-0.2, 0) is 14.3 Å². The fourth-order valence-corrected chi connectivity index (χ4v) is 1.50. The molecule has 0 rings (SSSR count). The molecule has 0 radical (unpaired) electrons. The molecule has 0 aliphatic heterocycles. The first-order chi connectivity index (χ1) is 6.07. The molecule has 0 aliphatic carbocycles. The van der Waals surface area contributed by atoms with Crippen molar-refractivity contribution < 1.29 is 19.4 Å². The van der Waals surface area contributed by atoms with Crippen LogP contribution < -0.4 is 5.32 Å². The lowest BCUT2D eigenvalue weighted by Gasteiger charge is -2.11. The summed E-state index contributed by atoms with van der Waals surface area (Å²) in [7, 11) is 1.54. The van der Waals surface area contributed by atoms with E-state index in [1.165, 1.54) is 14.0 Å². The molecule has 1 atom stereocenters. The Kier molecular flexibility index (Phi) is 6.34. The quantitative estimate of drug-likeness (QED) is 0.470. The summed E-state index contributed by atoms with van der Waals surface area (Å²) in [6.45, 7) is 1.75. The number of nitrogens with one attached hydrogen (secondary N) is 1. The molecule has 0 aliphatic rings. The lowest BCUT2D eigenvalue weighted by molar-refractivity contribution is -0.138. The van der Waals surface area contributed by atoms with E-state index in [0.717, 1.165) is 11.8 Å². The first-order valence-corrected chi connectivity index (χ1v) is 4.73. The number of rotatable bonds is 6. The van der Waals surface area contributed by atoms with Gasteiger partial charge in [-0.25, -0.2) is 4.79 Å². The van der Waals surface area contributed by atoms with Crippen LogP contribution in [0, 0.1) is 0 Å². The van der Waals surface area contributed by atoms with Crippen molar-refractivity contribution in [2.24, 2.45) is 0 Å². The van der Waals surface area contributed by atoms with Crippen molar-refractivity contribution in [2.45, 2.75) is 12.3 Å². The van der Waals surface area contributed by atoms with E-state index in [9.17, 15) is 9.59 Å². The number of hydrogen-bond donors (Lipinski definition) is 2. The molecule has 0 aromatic heterocycles. The summed E-state index contributed by atoms with van der Waals surface area (Å²) in [5.41, 5.74) is 0. The predicted octanol–water partition coefficient (Wildman–Crippen LogP) is -0.0872. The number of aliphatic carboxylic acids is 1. The SMILES string of the molecule is COCCSC(NC(C)=O)C(=O)O. The third-order valence-corrected chi connectivity index (χ3v) is 2.19. The molecule has 1 amide bonds. The van der Waals surface area contributed by atoms with Gasteiger partial charge >= 0.3 is 5.97 Å². The Hall–Kier alpha value is -0.750. The van der Waals surface area contributed by atoms with Gasteiger partial charge in [0.1, 0.15) is 0 Å². The standard InChI is InChI=1S/C7H13NO4S/c1-5(9)8-6(7(10)11)13-4-3-12-2/h6H,3-4H2,1-2H3,(H,8,9)(H,10,11). The third-order valence-electron chi connectivity index (χ3n) is 1.13. The average Bonchev–Trinajstić information content (AvgIpc) is 2.02. The van der Waals surface area contributed by atoms with Crippen molar-refractivity contribution in [1.82, 2.24) is 5.32 Å². The normalized spacial score (nSPS) is 12.2. The minimum atomic E-state index is -1.05. The lowest BCUT2D eigenvalue weighted by atomic mass is 10.6. The molecule has 6 heteroatoms. The second-order valence-electron chi connectivity index (χ2n) is 2.28.